The second-order valence-electron chi connectivity index (χ2n) is 5.50. The van der Waals surface area contributed by atoms with E-state index in [1.54, 1.807) is 0 Å². The van der Waals surface area contributed by atoms with Gasteiger partial charge in [0, 0.05) is 19.0 Å². The van der Waals surface area contributed by atoms with Crippen molar-refractivity contribution in [2.24, 2.45) is 17.8 Å². The van der Waals surface area contributed by atoms with Crippen LogP contribution in [0.5, 0.6) is 0 Å². The number of hydrogen-bond donors (Lipinski definition) is 0. The summed E-state index contributed by atoms with van der Waals surface area (Å²) in [5.74, 6) is 3.72. The molecule has 3 unspecified atom stereocenters. The van der Waals surface area contributed by atoms with Gasteiger partial charge in [-0.3, -0.25) is 4.79 Å². The van der Waals surface area contributed by atoms with Crippen molar-refractivity contribution in [3.63, 3.8) is 0 Å². The second-order valence-corrected chi connectivity index (χ2v) is 6.49. The summed E-state index contributed by atoms with van der Waals surface area (Å²) in [7, 11) is 1.98. The number of hydrogen-bond acceptors (Lipinski definition) is 2. The molecule has 0 bridgehead atoms. The van der Waals surface area contributed by atoms with E-state index in [1.807, 2.05) is 23.7 Å². The van der Waals surface area contributed by atoms with Crippen LogP contribution in [0, 0.1) is 17.8 Å². The highest BCUT2D eigenvalue weighted by molar-refractivity contribution is 7.98. The Labute approximate surface area is 103 Å². The maximum absolute atomic E-state index is 12.2. The van der Waals surface area contributed by atoms with Crippen molar-refractivity contribution < 1.29 is 4.79 Å². The van der Waals surface area contributed by atoms with Gasteiger partial charge < -0.3 is 4.90 Å². The van der Waals surface area contributed by atoms with Gasteiger partial charge in [-0.05, 0) is 56.5 Å². The molecule has 3 atom stereocenters. The molecule has 0 aromatic heterocycles. The van der Waals surface area contributed by atoms with Crippen LogP contribution in [0.2, 0.25) is 0 Å². The van der Waals surface area contributed by atoms with Crippen LogP contribution in [0.25, 0.3) is 0 Å². The van der Waals surface area contributed by atoms with Crippen molar-refractivity contribution in [1.82, 2.24) is 4.90 Å². The first-order valence-electron chi connectivity index (χ1n) is 6.39. The molecule has 16 heavy (non-hydrogen) atoms. The highest BCUT2D eigenvalue weighted by Crippen LogP contribution is 2.54. The van der Waals surface area contributed by atoms with Crippen molar-refractivity contribution in [3.05, 3.63) is 0 Å². The standard InChI is InChI=1S/C13H23NOS/c1-9(4-5-16-3)14(2)13(15)12-7-10-6-11(10)8-12/h9-12H,4-8H2,1-3H3. The van der Waals surface area contributed by atoms with Crippen LogP contribution >= 0.6 is 11.8 Å². The first kappa shape index (κ1) is 12.3. The average Bonchev–Trinajstić information content (AvgIpc) is 2.91. The van der Waals surface area contributed by atoms with Crippen LogP contribution in [-0.2, 0) is 4.79 Å². The first-order valence-corrected chi connectivity index (χ1v) is 7.78. The molecule has 0 aliphatic heterocycles. The zero-order valence-electron chi connectivity index (χ0n) is 10.6. The number of rotatable bonds is 5. The van der Waals surface area contributed by atoms with E-state index in [1.165, 1.54) is 19.3 Å². The summed E-state index contributed by atoms with van der Waals surface area (Å²) in [4.78, 5) is 14.2. The lowest BCUT2D eigenvalue weighted by Gasteiger charge is -2.28. The maximum Gasteiger partial charge on any atom is 0.225 e. The normalized spacial score (nSPS) is 33.3. The van der Waals surface area contributed by atoms with Crippen LogP contribution in [0.1, 0.15) is 32.6 Å². The van der Waals surface area contributed by atoms with Gasteiger partial charge in [0.05, 0.1) is 0 Å². The van der Waals surface area contributed by atoms with Crippen LogP contribution in [0.4, 0.5) is 0 Å². The second kappa shape index (κ2) is 4.99. The summed E-state index contributed by atoms with van der Waals surface area (Å²) in [5.41, 5.74) is 0. The third kappa shape index (κ3) is 2.55. The van der Waals surface area contributed by atoms with Gasteiger partial charge in [-0.15, -0.1) is 0 Å². The van der Waals surface area contributed by atoms with Crippen molar-refractivity contribution in [2.75, 3.05) is 19.1 Å². The number of thioether (sulfide) groups is 1. The molecule has 0 spiro atoms. The van der Waals surface area contributed by atoms with Crippen LogP contribution < -0.4 is 0 Å². The van der Waals surface area contributed by atoms with Gasteiger partial charge in [-0.2, -0.15) is 11.8 Å². The maximum atomic E-state index is 12.2. The van der Waals surface area contributed by atoms with Gasteiger partial charge in [0.1, 0.15) is 0 Å². The molecule has 2 aliphatic rings. The molecule has 0 N–H and O–H groups in total. The predicted octanol–water partition coefficient (Wildman–Crippen LogP) is 2.63. The molecule has 2 nitrogen and oxygen atoms in total. The molecule has 92 valence electrons. The Kier molecular flexibility index (Phi) is 3.83. The zero-order chi connectivity index (χ0) is 11.7. The lowest BCUT2D eigenvalue weighted by Crippen LogP contribution is -2.39. The first-order chi connectivity index (χ1) is 7.63. The fourth-order valence-corrected chi connectivity index (χ4v) is 3.48. The predicted molar refractivity (Wildman–Crippen MR) is 69.6 cm³/mol. The van der Waals surface area contributed by atoms with E-state index in [2.05, 4.69) is 13.2 Å². The van der Waals surface area contributed by atoms with E-state index in [4.69, 9.17) is 0 Å². The number of amides is 1. The monoisotopic (exact) mass is 241 g/mol. The summed E-state index contributed by atoms with van der Waals surface area (Å²) in [6, 6.07) is 0.400. The molecule has 2 rings (SSSR count). The van der Waals surface area contributed by atoms with E-state index >= 15 is 0 Å². The third-order valence-corrected chi connectivity index (χ3v) is 4.99. The van der Waals surface area contributed by atoms with Gasteiger partial charge in [0.15, 0.2) is 0 Å². The molecule has 2 saturated carbocycles. The Morgan fingerprint density at radius 2 is 2.00 bits per heavy atom. The quantitative estimate of drug-likeness (QED) is 0.737. The highest BCUT2D eigenvalue weighted by Gasteiger charge is 2.48. The van der Waals surface area contributed by atoms with E-state index in [-0.39, 0.29) is 0 Å². The molecule has 0 saturated heterocycles. The van der Waals surface area contributed by atoms with E-state index in [0.29, 0.717) is 17.9 Å². The Balaban J connectivity index is 1.79. The highest BCUT2D eigenvalue weighted by atomic mass is 32.2. The summed E-state index contributed by atoms with van der Waals surface area (Å²) in [6.07, 6.45) is 6.98. The summed E-state index contributed by atoms with van der Waals surface area (Å²) < 4.78 is 0. The van der Waals surface area contributed by atoms with Crippen molar-refractivity contribution in [1.29, 1.82) is 0 Å². The number of carbonyl (C=O) groups excluding carboxylic acids is 1. The SMILES string of the molecule is CSCCC(C)N(C)C(=O)C1CC2CC2C1. The van der Waals surface area contributed by atoms with Gasteiger partial charge in [-0.1, -0.05) is 0 Å². The molecule has 0 aromatic carbocycles. The Bertz CT molecular complexity index is 259. The largest absolute Gasteiger partial charge is 0.343 e. The molecule has 0 heterocycles. The molecule has 2 aliphatic carbocycles. The van der Waals surface area contributed by atoms with Gasteiger partial charge in [0.25, 0.3) is 0 Å². The van der Waals surface area contributed by atoms with Gasteiger partial charge >= 0.3 is 0 Å². The van der Waals surface area contributed by atoms with E-state index in [0.717, 1.165) is 24.0 Å². The molecule has 0 aromatic rings. The topological polar surface area (TPSA) is 20.3 Å². The fourth-order valence-electron chi connectivity index (χ4n) is 2.90. The molecule has 3 heteroatoms. The molecule has 1 amide bonds. The lowest BCUT2D eigenvalue weighted by atomic mass is 10.0. The zero-order valence-corrected chi connectivity index (χ0v) is 11.4. The Morgan fingerprint density at radius 3 is 2.56 bits per heavy atom. The van der Waals surface area contributed by atoms with Gasteiger partial charge in [0.2, 0.25) is 5.91 Å². The summed E-state index contributed by atoms with van der Waals surface area (Å²) in [5, 5.41) is 0. The minimum atomic E-state index is 0.352. The number of carbonyl (C=O) groups is 1. The molecular weight excluding hydrogens is 218 g/mol. The molecular formula is C13H23NOS. The molecule has 0 radical (unpaired) electrons. The Hall–Kier alpha value is -0.180. The van der Waals surface area contributed by atoms with Crippen LogP contribution in [0.15, 0.2) is 0 Å². The van der Waals surface area contributed by atoms with Crippen molar-refractivity contribution in [3.8, 4) is 0 Å². The minimum Gasteiger partial charge on any atom is -0.343 e. The van der Waals surface area contributed by atoms with Crippen LogP contribution in [-0.4, -0.2) is 35.9 Å². The number of fused-ring (bicyclic) bond motifs is 1. The smallest absolute Gasteiger partial charge is 0.225 e. The summed E-state index contributed by atoms with van der Waals surface area (Å²) >= 11 is 1.86. The van der Waals surface area contributed by atoms with E-state index < -0.39 is 0 Å². The number of nitrogens with zero attached hydrogens (tertiary/aromatic N) is 1. The fraction of sp³-hybridized carbons (Fsp3) is 0.923. The van der Waals surface area contributed by atoms with Crippen molar-refractivity contribution in [2.45, 2.75) is 38.6 Å². The Morgan fingerprint density at radius 1 is 1.38 bits per heavy atom. The van der Waals surface area contributed by atoms with Crippen molar-refractivity contribution >= 4 is 17.7 Å². The third-order valence-electron chi connectivity index (χ3n) is 4.34. The van der Waals surface area contributed by atoms with E-state index in [9.17, 15) is 4.79 Å². The lowest BCUT2D eigenvalue weighted by molar-refractivity contribution is -0.136. The summed E-state index contributed by atoms with van der Waals surface area (Å²) in [6.45, 7) is 2.17. The average molecular weight is 241 g/mol. The van der Waals surface area contributed by atoms with Gasteiger partial charge in [-0.25, -0.2) is 0 Å². The molecule has 2 fully saturated rings. The minimum absolute atomic E-state index is 0.352. The van der Waals surface area contributed by atoms with Crippen LogP contribution in [0.3, 0.4) is 0 Å².